The topological polar surface area (TPSA) is 72.7 Å². The zero-order valence-corrected chi connectivity index (χ0v) is 16.9. The van der Waals surface area contributed by atoms with E-state index in [9.17, 15) is 14.9 Å². The average Bonchev–Trinajstić information content (AvgIpc) is 2.55. The SMILES string of the molecule is CC(C)(C)OC(=O)N(C/C=C/Cl)c1ccc2cc([N+](=O)[O-])ccc2c1Br. The molecular formula is C18H18BrClN2O4. The Hall–Kier alpha value is -2.12. The summed E-state index contributed by atoms with van der Waals surface area (Å²) in [5.74, 6) is 0. The zero-order chi connectivity index (χ0) is 19.5. The van der Waals surface area contributed by atoms with Gasteiger partial charge in [0.05, 0.1) is 10.6 Å². The first-order valence-electron chi connectivity index (χ1n) is 7.76. The van der Waals surface area contributed by atoms with Crippen LogP contribution in [0, 0.1) is 10.1 Å². The maximum absolute atomic E-state index is 12.6. The molecule has 0 saturated carbocycles. The lowest BCUT2D eigenvalue weighted by Gasteiger charge is -2.27. The first-order valence-corrected chi connectivity index (χ1v) is 8.99. The Morgan fingerprint density at radius 2 is 2.04 bits per heavy atom. The molecule has 1 amide bonds. The Bertz CT molecular complexity index is 877. The highest BCUT2D eigenvalue weighted by Crippen LogP contribution is 2.36. The van der Waals surface area contributed by atoms with Gasteiger partial charge >= 0.3 is 6.09 Å². The highest BCUT2D eigenvalue weighted by molar-refractivity contribution is 9.10. The van der Waals surface area contributed by atoms with E-state index in [1.54, 1.807) is 45.0 Å². The molecule has 8 heteroatoms. The Morgan fingerprint density at radius 3 is 2.62 bits per heavy atom. The smallest absolute Gasteiger partial charge is 0.415 e. The number of hydrogen-bond donors (Lipinski definition) is 0. The van der Waals surface area contributed by atoms with Gasteiger partial charge in [0.1, 0.15) is 5.60 Å². The number of carbonyl (C=O) groups is 1. The van der Waals surface area contributed by atoms with Crippen molar-refractivity contribution in [1.82, 2.24) is 0 Å². The van der Waals surface area contributed by atoms with E-state index in [0.717, 1.165) is 5.39 Å². The van der Waals surface area contributed by atoms with Crippen LogP contribution < -0.4 is 4.90 Å². The number of nitro groups is 1. The minimum atomic E-state index is -0.649. The Labute approximate surface area is 164 Å². The van der Waals surface area contributed by atoms with E-state index in [4.69, 9.17) is 16.3 Å². The van der Waals surface area contributed by atoms with E-state index in [1.807, 2.05) is 0 Å². The number of carbonyl (C=O) groups excluding carboxylic acids is 1. The summed E-state index contributed by atoms with van der Waals surface area (Å²) in [5.41, 5.74) is 1.26. The van der Waals surface area contributed by atoms with Crippen molar-refractivity contribution in [1.29, 1.82) is 0 Å². The molecule has 2 aromatic carbocycles. The van der Waals surface area contributed by atoms with Gasteiger partial charge in [-0.25, -0.2) is 4.79 Å². The predicted molar refractivity (Wildman–Crippen MR) is 107 cm³/mol. The van der Waals surface area contributed by atoms with E-state index in [1.165, 1.54) is 22.6 Å². The average molecular weight is 442 g/mol. The van der Waals surface area contributed by atoms with E-state index in [2.05, 4.69) is 15.9 Å². The van der Waals surface area contributed by atoms with Gasteiger partial charge in [0.15, 0.2) is 0 Å². The lowest BCUT2D eigenvalue weighted by molar-refractivity contribution is -0.384. The summed E-state index contributed by atoms with van der Waals surface area (Å²) in [5, 5.41) is 12.4. The second-order valence-electron chi connectivity index (χ2n) is 6.51. The molecule has 0 bridgehead atoms. The van der Waals surface area contributed by atoms with Crippen LogP contribution in [0.25, 0.3) is 10.8 Å². The molecule has 0 unspecified atom stereocenters. The third kappa shape index (κ3) is 4.74. The number of benzene rings is 2. The lowest BCUT2D eigenvalue weighted by Crippen LogP contribution is -2.37. The van der Waals surface area contributed by atoms with E-state index in [-0.39, 0.29) is 12.2 Å². The number of halogens is 2. The Balaban J connectivity index is 2.52. The number of anilines is 1. The second-order valence-corrected chi connectivity index (χ2v) is 7.56. The van der Waals surface area contributed by atoms with E-state index < -0.39 is 16.6 Å². The fourth-order valence-corrected chi connectivity index (χ4v) is 3.11. The van der Waals surface area contributed by atoms with Crippen molar-refractivity contribution in [2.24, 2.45) is 0 Å². The molecule has 0 spiro atoms. The van der Waals surface area contributed by atoms with Gasteiger partial charge in [-0.1, -0.05) is 23.7 Å². The van der Waals surface area contributed by atoms with E-state index in [0.29, 0.717) is 15.5 Å². The minimum absolute atomic E-state index is 0.00576. The van der Waals surface area contributed by atoms with Crippen LogP contribution in [0.15, 0.2) is 46.4 Å². The number of hydrogen-bond acceptors (Lipinski definition) is 4. The van der Waals surface area contributed by atoms with Gasteiger partial charge in [-0.3, -0.25) is 15.0 Å². The summed E-state index contributed by atoms with van der Waals surface area (Å²) in [6.45, 7) is 5.58. The van der Waals surface area contributed by atoms with Crippen LogP contribution in [-0.2, 0) is 4.74 Å². The van der Waals surface area contributed by atoms with Crippen LogP contribution in [0.1, 0.15) is 20.8 Å². The lowest BCUT2D eigenvalue weighted by atomic mass is 10.1. The molecule has 0 N–H and O–H groups in total. The summed E-state index contributed by atoms with van der Waals surface area (Å²) in [6, 6.07) is 7.99. The Morgan fingerprint density at radius 1 is 1.35 bits per heavy atom. The van der Waals surface area contributed by atoms with Crippen LogP contribution in [0.5, 0.6) is 0 Å². The number of fused-ring (bicyclic) bond motifs is 1. The molecule has 0 saturated heterocycles. The molecule has 0 aliphatic carbocycles. The molecule has 0 heterocycles. The van der Waals surface area contributed by atoms with Crippen molar-refractivity contribution in [3.05, 3.63) is 56.5 Å². The summed E-state index contributed by atoms with van der Waals surface area (Å²) in [4.78, 5) is 24.6. The van der Waals surface area contributed by atoms with Gasteiger partial charge in [0.2, 0.25) is 0 Å². The van der Waals surface area contributed by atoms with Crippen LogP contribution in [0.4, 0.5) is 16.2 Å². The van der Waals surface area contributed by atoms with Crippen molar-refractivity contribution in [3.8, 4) is 0 Å². The van der Waals surface area contributed by atoms with Gasteiger partial charge in [-0.2, -0.15) is 0 Å². The molecule has 138 valence electrons. The van der Waals surface area contributed by atoms with Crippen molar-refractivity contribution in [2.75, 3.05) is 11.4 Å². The number of amides is 1. The minimum Gasteiger partial charge on any atom is -0.443 e. The van der Waals surface area contributed by atoms with Crippen LogP contribution >= 0.6 is 27.5 Å². The zero-order valence-electron chi connectivity index (χ0n) is 14.5. The first kappa shape index (κ1) is 20.2. The molecule has 2 rings (SSSR count). The van der Waals surface area contributed by atoms with Gasteiger partial charge in [-0.05, 0) is 59.6 Å². The molecule has 0 aliphatic heterocycles. The maximum atomic E-state index is 12.6. The summed E-state index contributed by atoms with van der Waals surface area (Å²) < 4.78 is 6.11. The van der Waals surface area contributed by atoms with Crippen LogP contribution in [0.2, 0.25) is 0 Å². The van der Waals surface area contributed by atoms with Gasteiger partial charge in [0.25, 0.3) is 5.69 Å². The fraction of sp³-hybridized carbons (Fsp3) is 0.278. The highest BCUT2D eigenvalue weighted by atomic mass is 79.9. The van der Waals surface area contributed by atoms with Crippen LogP contribution in [0.3, 0.4) is 0 Å². The van der Waals surface area contributed by atoms with Gasteiger partial charge in [-0.15, -0.1) is 0 Å². The quantitative estimate of drug-likeness (QED) is 0.430. The molecule has 2 aromatic rings. The van der Waals surface area contributed by atoms with Crippen molar-refractivity contribution in [2.45, 2.75) is 26.4 Å². The first-order chi connectivity index (χ1) is 12.1. The third-order valence-electron chi connectivity index (χ3n) is 3.41. The molecule has 0 radical (unpaired) electrons. The van der Waals surface area contributed by atoms with Crippen molar-refractivity contribution < 1.29 is 14.5 Å². The molecule has 0 aliphatic rings. The number of ether oxygens (including phenoxy) is 1. The normalized spacial score (nSPS) is 11.7. The maximum Gasteiger partial charge on any atom is 0.415 e. The van der Waals surface area contributed by atoms with Crippen LogP contribution in [-0.4, -0.2) is 23.2 Å². The molecule has 26 heavy (non-hydrogen) atoms. The summed E-state index contributed by atoms with van der Waals surface area (Å²) >= 11 is 9.13. The Kier molecular flexibility index (Phi) is 6.26. The number of nitro benzene ring substituents is 1. The second kappa shape index (κ2) is 8.05. The molecule has 6 nitrogen and oxygen atoms in total. The molecule has 0 aromatic heterocycles. The molecule has 0 fully saturated rings. The summed E-state index contributed by atoms with van der Waals surface area (Å²) in [7, 11) is 0. The highest BCUT2D eigenvalue weighted by Gasteiger charge is 2.25. The van der Waals surface area contributed by atoms with Crippen molar-refractivity contribution in [3.63, 3.8) is 0 Å². The molecule has 0 atom stereocenters. The number of nitrogens with zero attached hydrogens (tertiary/aromatic N) is 2. The number of rotatable bonds is 4. The largest absolute Gasteiger partial charge is 0.443 e. The standard InChI is InChI=1S/C18H18BrClN2O4/c1-18(2,3)26-17(23)21(10-4-9-20)15-8-5-12-11-13(22(24)25)6-7-14(12)16(15)19/h4-9,11H,10H2,1-3H3/b9-4+. The summed E-state index contributed by atoms with van der Waals surface area (Å²) in [6.07, 6.45) is 1.10. The molecular weight excluding hydrogens is 424 g/mol. The van der Waals surface area contributed by atoms with Gasteiger partial charge < -0.3 is 4.74 Å². The number of non-ortho nitro benzene ring substituents is 1. The fourth-order valence-electron chi connectivity index (χ4n) is 2.32. The van der Waals surface area contributed by atoms with E-state index >= 15 is 0 Å². The predicted octanol–water partition coefficient (Wildman–Crippen LogP) is 6.00. The van der Waals surface area contributed by atoms with Crippen molar-refractivity contribution >= 4 is 55.8 Å². The third-order valence-corrected chi connectivity index (χ3v) is 4.42. The van der Waals surface area contributed by atoms with Gasteiger partial charge in [0, 0.05) is 28.7 Å². The monoisotopic (exact) mass is 440 g/mol.